The van der Waals surface area contributed by atoms with Crippen LogP contribution >= 0.6 is 0 Å². The van der Waals surface area contributed by atoms with Crippen LogP contribution in [0.1, 0.15) is 68.7 Å². The molecule has 1 aliphatic heterocycles. The van der Waals surface area contributed by atoms with Crippen LogP contribution in [-0.2, 0) is 4.79 Å². The van der Waals surface area contributed by atoms with E-state index in [2.05, 4.69) is 41.5 Å². The maximum absolute atomic E-state index is 12.0. The lowest BCUT2D eigenvalue weighted by molar-refractivity contribution is -0.122. The van der Waals surface area contributed by atoms with Crippen LogP contribution in [0.3, 0.4) is 0 Å². The van der Waals surface area contributed by atoms with E-state index in [0.717, 1.165) is 23.7 Å². The van der Waals surface area contributed by atoms with Gasteiger partial charge in [0.25, 0.3) is 8.32 Å². The lowest BCUT2D eigenvalue weighted by Crippen LogP contribution is -2.50. The van der Waals surface area contributed by atoms with Crippen molar-refractivity contribution in [1.82, 2.24) is 0 Å². The van der Waals surface area contributed by atoms with Gasteiger partial charge in [-0.05, 0) is 49.5 Å². The number of ether oxygens (including phenoxy) is 1. The van der Waals surface area contributed by atoms with E-state index in [1.54, 1.807) is 4.90 Å². The van der Waals surface area contributed by atoms with Gasteiger partial charge in [0.05, 0.1) is 5.69 Å². The van der Waals surface area contributed by atoms with E-state index in [-0.39, 0.29) is 11.5 Å². The van der Waals surface area contributed by atoms with Crippen molar-refractivity contribution < 1.29 is 14.0 Å². The predicted molar refractivity (Wildman–Crippen MR) is 115 cm³/mol. The minimum absolute atomic E-state index is 0.151. The quantitative estimate of drug-likeness (QED) is 0.413. The topological polar surface area (TPSA) is 38.8 Å². The first-order chi connectivity index (χ1) is 12.4. The number of hydrogen-bond donors (Lipinski definition) is 0. The maximum atomic E-state index is 12.0. The van der Waals surface area contributed by atoms with Crippen LogP contribution in [0.2, 0.25) is 16.6 Å². The van der Waals surface area contributed by atoms with E-state index in [1.807, 2.05) is 39.0 Å². The van der Waals surface area contributed by atoms with Crippen molar-refractivity contribution in [2.24, 2.45) is 0 Å². The van der Waals surface area contributed by atoms with Gasteiger partial charge in [-0.25, -0.2) is 0 Å². The van der Waals surface area contributed by atoms with Gasteiger partial charge < -0.3 is 14.1 Å². The Balaban J connectivity index is 2.45. The Morgan fingerprint density at radius 3 is 1.93 bits per heavy atom. The van der Waals surface area contributed by atoms with E-state index in [0.29, 0.717) is 23.0 Å². The number of carbonyl (C=O) groups is 1. The number of carbonyl (C=O) groups excluding carboxylic acids is 1. The van der Waals surface area contributed by atoms with E-state index < -0.39 is 8.32 Å². The molecule has 27 heavy (non-hydrogen) atoms. The molecule has 152 valence electrons. The summed E-state index contributed by atoms with van der Waals surface area (Å²) in [5.41, 5.74) is 2.01. The average Bonchev–Trinajstić information content (AvgIpc) is 2.50. The Morgan fingerprint density at radius 1 is 1.00 bits per heavy atom. The fourth-order valence-corrected chi connectivity index (χ4v) is 9.56. The van der Waals surface area contributed by atoms with Gasteiger partial charge in [-0.1, -0.05) is 41.5 Å². The second-order valence-corrected chi connectivity index (χ2v) is 14.9. The molecular formula is C22H37NO3Si. The van der Waals surface area contributed by atoms with Gasteiger partial charge in [0.2, 0.25) is 5.91 Å². The van der Waals surface area contributed by atoms with Gasteiger partial charge >= 0.3 is 0 Å². The zero-order chi connectivity index (χ0) is 20.6. The Hall–Kier alpha value is -1.49. The van der Waals surface area contributed by atoms with Gasteiger partial charge in [0, 0.05) is 19.0 Å². The summed E-state index contributed by atoms with van der Waals surface area (Å²) in [6, 6.07) is 5.97. The number of hydrogen-bond acceptors (Lipinski definition) is 3. The van der Waals surface area contributed by atoms with Gasteiger partial charge in [-0.15, -0.1) is 0 Å². The average molecular weight is 392 g/mol. The van der Waals surface area contributed by atoms with Crippen LogP contribution in [0.5, 0.6) is 11.5 Å². The molecule has 4 nitrogen and oxygen atoms in total. The minimum Gasteiger partial charge on any atom is -0.543 e. The lowest BCUT2D eigenvalue weighted by Gasteiger charge is -2.42. The maximum Gasteiger partial charge on any atom is 0.258 e. The van der Waals surface area contributed by atoms with Crippen molar-refractivity contribution in [3.8, 4) is 11.5 Å². The van der Waals surface area contributed by atoms with Gasteiger partial charge in [-0.2, -0.15) is 0 Å². The van der Waals surface area contributed by atoms with Crippen molar-refractivity contribution in [3.63, 3.8) is 0 Å². The molecule has 5 heteroatoms. The van der Waals surface area contributed by atoms with Gasteiger partial charge in [0.1, 0.15) is 17.1 Å². The highest BCUT2D eigenvalue weighted by Crippen LogP contribution is 2.44. The molecule has 1 heterocycles. The number of rotatable bonds is 7. The summed E-state index contributed by atoms with van der Waals surface area (Å²) in [5, 5.41) is 0. The molecule has 1 saturated heterocycles. The molecule has 0 N–H and O–H groups in total. The second kappa shape index (κ2) is 7.86. The standard InChI is InChI=1S/C22H37NO3Si/c1-15(2)27(16(3)4,17(5)6)26-18-10-11-19(23-13-12-21(23)24)20(14-18)25-22(7,8)9/h10-11,14-17H,12-13H2,1-9H3. The highest BCUT2D eigenvalue weighted by atomic mass is 28.4. The molecule has 0 atom stereocenters. The zero-order valence-electron chi connectivity index (χ0n) is 18.6. The summed E-state index contributed by atoms with van der Waals surface area (Å²) >= 11 is 0. The molecule has 1 aromatic rings. The second-order valence-electron chi connectivity index (χ2n) is 9.56. The summed E-state index contributed by atoms with van der Waals surface area (Å²) in [6.45, 7) is 20.5. The number of amides is 1. The third-order valence-electron chi connectivity index (χ3n) is 5.49. The highest BCUT2D eigenvalue weighted by molar-refractivity contribution is 6.78. The van der Waals surface area contributed by atoms with Crippen molar-refractivity contribution >= 4 is 19.9 Å². The number of β-lactam (4-membered cyclic amide) rings is 1. The summed E-state index contributed by atoms with van der Waals surface area (Å²) in [7, 11) is -2.04. The number of benzene rings is 1. The summed E-state index contributed by atoms with van der Waals surface area (Å²) in [4.78, 5) is 13.8. The summed E-state index contributed by atoms with van der Waals surface area (Å²) in [6.07, 6.45) is 0.608. The van der Waals surface area contributed by atoms with Crippen LogP contribution in [0.4, 0.5) is 5.69 Å². The summed E-state index contributed by atoms with van der Waals surface area (Å²) in [5.74, 6) is 1.73. The van der Waals surface area contributed by atoms with Crippen molar-refractivity contribution in [1.29, 1.82) is 0 Å². The van der Waals surface area contributed by atoms with Crippen molar-refractivity contribution in [2.75, 3.05) is 11.4 Å². The Labute approximate surface area is 166 Å². The Kier molecular flexibility index (Phi) is 6.35. The zero-order valence-corrected chi connectivity index (χ0v) is 19.6. The lowest BCUT2D eigenvalue weighted by atomic mass is 10.1. The van der Waals surface area contributed by atoms with Crippen molar-refractivity contribution in [2.45, 2.75) is 91.0 Å². The number of nitrogens with zero attached hydrogens (tertiary/aromatic N) is 1. The molecule has 0 spiro atoms. The molecule has 0 unspecified atom stereocenters. The first-order valence-electron chi connectivity index (χ1n) is 10.2. The molecule has 1 aliphatic rings. The monoisotopic (exact) mass is 391 g/mol. The molecular weight excluding hydrogens is 354 g/mol. The summed E-state index contributed by atoms with van der Waals surface area (Å²) < 4.78 is 13.0. The predicted octanol–water partition coefficient (Wildman–Crippen LogP) is 6.15. The fraction of sp³-hybridized carbons (Fsp3) is 0.682. The van der Waals surface area contributed by atoms with E-state index in [4.69, 9.17) is 9.16 Å². The third-order valence-corrected chi connectivity index (χ3v) is 11.5. The molecule has 1 aromatic carbocycles. The Bertz CT molecular complexity index is 655. The highest BCUT2D eigenvalue weighted by Gasteiger charge is 2.47. The smallest absolute Gasteiger partial charge is 0.258 e. The van der Waals surface area contributed by atoms with Gasteiger partial charge in [0.15, 0.2) is 0 Å². The van der Waals surface area contributed by atoms with E-state index >= 15 is 0 Å². The molecule has 0 radical (unpaired) electrons. The SMILES string of the molecule is CC(C)[Si](Oc1ccc(N2CCC2=O)c(OC(C)(C)C)c1)(C(C)C)C(C)C. The normalized spacial score (nSPS) is 15.6. The molecule has 2 rings (SSSR count). The first kappa shape index (κ1) is 21.8. The minimum atomic E-state index is -2.04. The molecule has 1 fully saturated rings. The molecule has 0 aromatic heterocycles. The van der Waals surface area contributed by atoms with Crippen LogP contribution < -0.4 is 14.1 Å². The van der Waals surface area contributed by atoms with Crippen LogP contribution in [0, 0.1) is 0 Å². The van der Waals surface area contributed by atoms with Crippen LogP contribution in [0.25, 0.3) is 0 Å². The largest absolute Gasteiger partial charge is 0.543 e. The molecule has 0 bridgehead atoms. The van der Waals surface area contributed by atoms with Crippen molar-refractivity contribution in [3.05, 3.63) is 18.2 Å². The van der Waals surface area contributed by atoms with E-state index in [1.165, 1.54) is 0 Å². The third kappa shape index (κ3) is 4.50. The van der Waals surface area contributed by atoms with Gasteiger partial charge in [-0.3, -0.25) is 4.79 Å². The van der Waals surface area contributed by atoms with Crippen LogP contribution in [-0.4, -0.2) is 26.4 Å². The van der Waals surface area contributed by atoms with Crippen LogP contribution in [0.15, 0.2) is 18.2 Å². The molecule has 0 saturated carbocycles. The molecule has 0 aliphatic carbocycles. The number of anilines is 1. The van der Waals surface area contributed by atoms with E-state index in [9.17, 15) is 4.79 Å². The Morgan fingerprint density at radius 2 is 1.56 bits per heavy atom. The fourth-order valence-electron chi connectivity index (χ4n) is 4.32. The molecule has 1 amide bonds. The first-order valence-corrected chi connectivity index (χ1v) is 12.3.